The fourth-order valence-corrected chi connectivity index (χ4v) is 1.43. The third-order valence-electron chi connectivity index (χ3n) is 2.09. The molecule has 0 unspecified atom stereocenters. The second kappa shape index (κ2) is 6.77. The molecule has 0 aliphatic carbocycles. The van der Waals surface area contributed by atoms with E-state index in [1.165, 1.54) is 11.0 Å². The van der Waals surface area contributed by atoms with Crippen molar-refractivity contribution in [2.75, 3.05) is 6.54 Å². The SMILES string of the molecule is C=CC1=C(/C=C\C)C(=O)N(CC)C1=O.CC. The lowest BCUT2D eigenvalue weighted by molar-refractivity contribution is -0.137. The molecule has 0 atom stereocenters. The van der Waals surface area contributed by atoms with E-state index in [1.807, 2.05) is 13.8 Å². The summed E-state index contributed by atoms with van der Waals surface area (Å²) in [5.74, 6) is -0.480. The Bertz CT molecular complexity index is 351. The predicted molar refractivity (Wildman–Crippen MR) is 65.8 cm³/mol. The van der Waals surface area contributed by atoms with Gasteiger partial charge < -0.3 is 0 Å². The minimum Gasteiger partial charge on any atom is -0.275 e. The van der Waals surface area contributed by atoms with Crippen LogP contribution in [0, 0.1) is 0 Å². The van der Waals surface area contributed by atoms with Crippen LogP contribution in [-0.2, 0) is 9.59 Å². The van der Waals surface area contributed by atoms with Gasteiger partial charge in [0, 0.05) is 6.54 Å². The van der Waals surface area contributed by atoms with Crippen LogP contribution in [0.1, 0.15) is 27.7 Å². The zero-order chi connectivity index (χ0) is 12.7. The van der Waals surface area contributed by atoms with Gasteiger partial charge in [-0.1, -0.05) is 38.7 Å². The van der Waals surface area contributed by atoms with Gasteiger partial charge in [-0.15, -0.1) is 0 Å². The first-order chi connectivity index (χ1) is 7.67. The van der Waals surface area contributed by atoms with Crippen molar-refractivity contribution < 1.29 is 9.59 Å². The molecule has 16 heavy (non-hydrogen) atoms. The van der Waals surface area contributed by atoms with Crippen LogP contribution in [0.4, 0.5) is 0 Å². The Morgan fingerprint density at radius 3 is 2.06 bits per heavy atom. The predicted octanol–water partition coefficient (Wildman–Crippen LogP) is 2.46. The molecule has 0 N–H and O–H groups in total. The maximum atomic E-state index is 11.7. The zero-order valence-electron chi connectivity index (χ0n) is 10.4. The average Bonchev–Trinajstić information content (AvgIpc) is 2.54. The van der Waals surface area contributed by atoms with Crippen LogP contribution < -0.4 is 0 Å². The molecule has 0 saturated heterocycles. The van der Waals surface area contributed by atoms with Crippen molar-refractivity contribution >= 4 is 11.8 Å². The number of nitrogens with zero attached hydrogens (tertiary/aromatic N) is 1. The molecule has 1 aliphatic heterocycles. The van der Waals surface area contributed by atoms with Crippen molar-refractivity contribution in [3.8, 4) is 0 Å². The van der Waals surface area contributed by atoms with Gasteiger partial charge in [0.05, 0.1) is 11.1 Å². The highest BCUT2D eigenvalue weighted by atomic mass is 16.2. The molecule has 0 radical (unpaired) electrons. The van der Waals surface area contributed by atoms with Gasteiger partial charge in [-0.05, 0) is 13.8 Å². The van der Waals surface area contributed by atoms with Crippen LogP contribution >= 0.6 is 0 Å². The molecule has 1 heterocycles. The number of carbonyl (C=O) groups is 2. The van der Waals surface area contributed by atoms with Gasteiger partial charge in [-0.2, -0.15) is 0 Å². The molecule has 0 aromatic carbocycles. The number of allylic oxidation sites excluding steroid dienone is 1. The largest absolute Gasteiger partial charge is 0.275 e. The molecule has 1 aliphatic rings. The summed E-state index contributed by atoms with van der Waals surface area (Å²) in [6, 6.07) is 0. The number of rotatable bonds is 3. The molecule has 0 spiro atoms. The topological polar surface area (TPSA) is 37.4 Å². The van der Waals surface area contributed by atoms with Crippen LogP contribution in [-0.4, -0.2) is 23.3 Å². The van der Waals surface area contributed by atoms with E-state index in [4.69, 9.17) is 0 Å². The van der Waals surface area contributed by atoms with E-state index in [-0.39, 0.29) is 11.8 Å². The first kappa shape index (κ1) is 14.4. The number of amides is 2. The molecule has 88 valence electrons. The summed E-state index contributed by atoms with van der Waals surface area (Å²) >= 11 is 0. The third-order valence-corrected chi connectivity index (χ3v) is 2.09. The van der Waals surface area contributed by atoms with E-state index < -0.39 is 0 Å². The van der Waals surface area contributed by atoms with Gasteiger partial charge in [0.15, 0.2) is 0 Å². The molecular formula is C13H19NO2. The van der Waals surface area contributed by atoms with Crippen LogP contribution in [0.3, 0.4) is 0 Å². The van der Waals surface area contributed by atoms with Gasteiger partial charge >= 0.3 is 0 Å². The summed E-state index contributed by atoms with van der Waals surface area (Å²) < 4.78 is 0. The van der Waals surface area contributed by atoms with Crippen molar-refractivity contribution in [2.45, 2.75) is 27.7 Å². The second-order valence-electron chi connectivity index (χ2n) is 2.89. The average molecular weight is 221 g/mol. The summed E-state index contributed by atoms with van der Waals surface area (Å²) in [6.45, 7) is 11.5. The lowest BCUT2D eigenvalue weighted by Gasteiger charge is -2.10. The van der Waals surface area contributed by atoms with Gasteiger partial charge in [-0.3, -0.25) is 14.5 Å². The summed E-state index contributed by atoms with van der Waals surface area (Å²) in [6.07, 6.45) is 4.82. The first-order valence-corrected chi connectivity index (χ1v) is 5.53. The number of likely N-dealkylation sites (N-methyl/N-ethyl adjacent to an activating group) is 1. The normalized spacial score (nSPS) is 15.6. The molecule has 0 aromatic rings. The fourth-order valence-electron chi connectivity index (χ4n) is 1.43. The smallest absolute Gasteiger partial charge is 0.261 e. The molecule has 0 fully saturated rings. The fraction of sp³-hybridized carbons (Fsp3) is 0.385. The Labute approximate surface area is 97.1 Å². The minimum atomic E-state index is -0.249. The lowest BCUT2D eigenvalue weighted by atomic mass is 10.1. The third kappa shape index (κ3) is 2.48. The van der Waals surface area contributed by atoms with Gasteiger partial charge in [0.1, 0.15) is 0 Å². The maximum Gasteiger partial charge on any atom is 0.261 e. The summed E-state index contributed by atoms with van der Waals surface area (Å²) in [7, 11) is 0. The Kier molecular flexibility index (Phi) is 6.08. The minimum absolute atomic E-state index is 0.231. The monoisotopic (exact) mass is 221 g/mol. The van der Waals surface area contributed by atoms with Crippen molar-refractivity contribution in [2.24, 2.45) is 0 Å². The van der Waals surface area contributed by atoms with Gasteiger partial charge in [0.25, 0.3) is 11.8 Å². The maximum absolute atomic E-state index is 11.7. The Morgan fingerprint density at radius 2 is 1.69 bits per heavy atom. The first-order valence-electron chi connectivity index (χ1n) is 5.53. The molecule has 3 nitrogen and oxygen atoms in total. The Balaban J connectivity index is 0.00000106. The van der Waals surface area contributed by atoms with E-state index >= 15 is 0 Å². The van der Waals surface area contributed by atoms with Gasteiger partial charge in [0.2, 0.25) is 0 Å². The molecule has 1 rings (SSSR count). The van der Waals surface area contributed by atoms with E-state index in [0.717, 1.165) is 0 Å². The van der Waals surface area contributed by atoms with Crippen molar-refractivity contribution in [1.29, 1.82) is 0 Å². The lowest BCUT2D eigenvalue weighted by Crippen LogP contribution is -2.31. The number of hydrogen-bond donors (Lipinski definition) is 0. The zero-order valence-corrected chi connectivity index (χ0v) is 10.4. The van der Waals surface area contributed by atoms with Crippen LogP contribution in [0.25, 0.3) is 0 Å². The summed E-state index contributed by atoms with van der Waals surface area (Å²) in [5, 5.41) is 0. The van der Waals surface area contributed by atoms with Crippen LogP contribution in [0.5, 0.6) is 0 Å². The highest BCUT2D eigenvalue weighted by molar-refractivity contribution is 6.21. The highest BCUT2D eigenvalue weighted by Gasteiger charge is 2.33. The van der Waals surface area contributed by atoms with E-state index in [2.05, 4.69) is 6.58 Å². The molecule has 0 bridgehead atoms. The molecule has 0 aromatic heterocycles. The summed E-state index contributed by atoms with van der Waals surface area (Å²) in [5.41, 5.74) is 0.837. The number of imide groups is 1. The van der Waals surface area contributed by atoms with E-state index in [9.17, 15) is 9.59 Å². The van der Waals surface area contributed by atoms with Crippen molar-refractivity contribution in [1.82, 2.24) is 4.90 Å². The van der Waals surface area contributed by atoms with Gasteiger partial charge in [-0.25, -0.2) is 0 Å². The molecule has 3 heteroatoms. The Hall–Kier alpha value is -1.64. The molecule has 2 amide bonds. The van der Waals surface area contributed by atoms with E-state index in [0.29, 0.717) is 17.7 Å². The second-order valence-corrected chi connectivity index (χ2v) is 2.89. The van der Waals surface area contributed by atoms with Crippen molar-refractivity contribution in [3.05, 3.63) is 36.0 Å². The summed E-state index contributed by atoms with van der Waals surface area (Å²) in [4.78, 5) is 24.5. The number of hydrogen-bond acceptors (Lipinski definition) is 2. The van der Waals surface area contributed by atoms with Crippen molar-refractivity contribution in [3.63, 3.8) is 0 Å². The molecule has 0 saturated carbocycles. The Morgan fingerprint density at radius 1 is 1.19 bits per heavy atom. The van der Waals surface area contributed by atoms with E-state index in [1.54, 1.807) is 26.0 Å². The number of carbonyl (C=O) groups excluding carboxylic acids is 2. The van der Waals surface area contributed by atoms with Crippen LogP contribution in [0.2, 0.25) is 0 Å². The standard InChI is InChI=1S/C11H13NO2.C2H6/c1-4-7-9-8(5-2)10(13)12(6-3)11(9)14;1-2/h4-5,7H,2,6H2,1,3H3;1-2H3/b7-4-;. The molecular weight excluding hydrogens is 202 g/mol. The quantitative estimate of drug-likeness (QED) is 0.686. The highest BCUT2D eigenvalue weighted by Crippen LogP contribution is 2.22. The van der Waals surface area contributed by atoms with Crippen LogP contribution in [0.15, 0.2) is 36.0 Å².